The molecule has 0 radical (unpaired) electrons. The molecule has 0 aromatic heterocycles. The van der Waals surface area contributed by atoms with Crippen LogP contribution in [0.4, 0.5) is 0 Å². The van der Waals surface area contributed by atoms with Crippen molar-refractivity contribution in [1.82, 2.24) is 0 Å². The maximum absolute atomic E-state index is 12.8. The van der Waals surface area contributed by atoms with Crippen molar-refractivity contribution in [2.75, 3.05) is 6.61 Å². The van der Waals surface area contributed by atoms with Crippen molar-refractivity contribution in [2.45, 2.75) is 77.4 Å². The Kier molecular flexibility index (Phi) is 7.44. The number of hydrogen-bond acceptors (Lipinski definition) is 4. The molecule has 2 aromatic carbocycles. The first-order valence-corrected chi connectivity index (χ1v) is 17.2. The summed E-state index contributed by atoms with van der Waals surface area (Å²) < 4.78 is 19.2. The normalized spacial score (nSPS) is 20.1. The molecule has 6 heteroatoms. The topological polar surface area (TPSA) is 44.8 Å². The minimum atomic E-state index is -2.66. The van der Waals surface area contributed by atoms with Gasteiger partial charge in [0, 0.05) is 6.42 Å². The molecule has 0 unspecified atom stereocenters. The van der Waals surface area contributed by atoms with Crippen LogP contribution < -0.4 is 10.4 Å². The monoisotopic (exact) mass is 484 g/mol. The van der Waals surface area contributed by atoms with Crippen molar-refractivity contribution in [3.63, 3.8) is 0 Å². The lowest BCUT2D eigenvalue weighted by Crippen LogP contribution is -2.67. The van der Waals surface area contributed by atoms with Crippen LogP contribution in [0.1, 0.15) is 41.0 Å². The maximum Gasteiger partial charge on any atom is 0.312 e. The van der Waals surface area contributed by atoms with E-state index in [9.17, 15) is 4.79 Å². The quantitative estimate of drug-likeness (QED) is 0.385. The zero-order valence-electron chi connectivity index (χ0n) is 21.5. The molecule has 1 saturated heterocycles. The van der Waals surface area contributed by atoms with E-state index in [0.29, 0.717) is 13.0 Å². The summed E-state index contributed by atoms with van der Waals surface area (Å²) in [6.07, 6.45) is 0.350. The average Bonchev–Trinajstić information content (AvgIpc) is 3.09. The second-order valence-corrected chi connectivity index (χ2v) is 20.4. The number of rotatable bonds is 8. The van der Waals surface area contributed by atoms with Crippen LogP contribution in [0.15, 0.2) is 60.7 Å². The molecule has 2 aromatic rings. The number of carbonyl (C=O) groups excluding carboxylic acids is 1. The molecule has 0 N–H and O–H groups in total. The van der Waals surface area contributed by atoms with Crippen molar-refractivity contribution in [3.8, 4) is 0 Å². The minimum absolute atomic E-state index is 0.113. The van der Waals surface area contributed by atoms with Crippen LogP contribution in [0.5, 0.6) is 0 Å². The predicted octanol–water partition coefficient (Wildman–Crippen LogP) is 5.12. The lowest BCUT2D eigenvalue weighted by atomic mass is 9.88. The van der Waals surface area contributed by atoms with E-state index >= 15 is 0 Å². The Labute approximate surface area is 201 Å². The predicted molar refractivity (Wildman–Crippen MR) is 140 cm³/mol. The molecule has 1 aliphatic rings. The highest BCUT2D eigenvalue weighted by Crippen LogP contribution is 2.39. The highest BCUT2D eigenvalue weighted by molar-refractivity contribution is 6.99. The fourth-order valence-corrected chi connectivity index (χ4v) is 11.5. The van der Waals surface area contributed by atoms with Gasteiger partial charge in [0.1, 0.15) is 6.10 Å². The Morgan fingerprint density at radius 1 is 0.879 bits per heavy atom. The molecule has 2 atom stereocenters. The molecule has 0 bridgehead atoms. The Morgan fingerprint density at radius 3 is 1.79 bits per heavy atom. The van der Waals surface area contributed by atoms with Crippen molar-refractivity contribution in [1.29, 1.82) is 0 Å². The van der Waals surface area contributed by atoms with Gasteiger partial charge in [-0.25, -0.2) is 0 Å². The molecule has 0 aliphatic carbocycles. The lowest BCUT2D eigenvalue weighted by molar-refractivity contribution is -0.149. The van der Waals surface area contributed by atoms with E-state index in [-0.39, 0.29) is 23.0 Å². The van der Waals surface area contributed by atoms with Crippen LogP contribution in [0.3, 0.4) is 0 Å². The summed E-state index contributed by atoms with van der Waals surface area (Å²) in [4.78, 5) is 12.8. The molecule has 0 saturated carbocycles. The Morgan fingerprint density at radius 2 is 1.36 bits per heavy atom. The standard InChI is InChI=1S/C27H40O4Si2/c1-26(2,3)33(22-15-11-9-12-16-22,23-17-13-10-14-18-23)29-20-21-19-24(25(28)30-21)27(4,5)31-32(6,7)8/h9-18,21,24H,19-20H2,1-8H3/t21-,24+/m0/s1. The molecule has 180 valence electrons. The summed E-state index contributed by atoms with van der Waals surface area (Å²) in [5, 5.41) is 2.34. The van der Waals surface area contributed by atoms with E-state index in [1.807, 2.05) is 26.0 Å². The summed E-state index contributed by atoms with van der Waals surface area (Å²) in [6, 6.07) is 21.1. The van der Waals surface area contributed by atoms with E-state index in [1.54, 1.807) is 0 Å². The van der Waals surface area contributed by atoms with Gasteiger partial charge in [0.05, 0.1) is 18.1 Å². The molecule has 1 aliphatic heterocycles. The van der Waals surface area contributed by atoms with Crippen molar-refractivity contribution in [2.24, 2.45) is 5.92 Å². The van der Waals surface area contributed by atoms with Crippen LogP contribution in [0.25, 0.3) is 0 Å². The molecule has 4 nitrogen and oxygen atoms in total. The fourth-order valence-electron chi connectivity index (χ4n) is 5.16. The van der Waals surface area contributed by atoms with Crippen LogP contribution >= 0.6 is 0 Å². The number of hydrogen-bond donors (Lipinski definition) is 0. The van der Waals surface area contributed by atoms with Gasteiger partial charge in [-0.05, 0) is 48.9 Å². The first-order chi connectivity index (χ1) is 15.3. The summed E-state index contributed by atoms with van der Waals surface area (Å²) in [5.74, 6) is -0.453. The third kappa shape index (κ3) is 5.68. The second-order valence-electron chi connectivity index (χ2n) is 11.6. The van der Waals surface area contributed by atoms with E-state index in [4.69, 9.17) is 13.6 Å². The number of ether oxygens (including phenoxy) is 1. The number of benzene rings is 2. The van der Waals surface area contributed by atoms with E-state index in [2.05, 4.69) is 88.9 Å². The van der Waals surface area contributed by atoms with Crippen LogP contribution in [-0.4, -0.2) is 40.9 Å². The molecule has 1 heterocycles. The minimum Gasteiger partial charge on any atom is -0.460 e. The summed E-state index contributed by atoms with van der Waals surface area (Å²) >= 11 is 0. The van der Waals surface area contributed by atoms with Gasteiger partial charge in [-0.2, -0.15) is 0 Å². The first-order valence-electron chi connectivity index (χ1n) is 11.9. The third-order valence-electron chi connectivity index (χ3n) is 6.38. The highest BCUT2D eigenvalue weighted by atomic mass is 28.4. The fraction of sp³-hybridized carbons (Fsp3) is 0.519. The second kappa shape index (κ2) is 9.49. The molecule has 0 spiro atoms. The van der Waals surface area contributed by atoms with Crippen LogP contribution in [-0.2, 0) is 18.4 Å². The van der Waals surface area contributed by atoms with Gasteiger partial charge in [-0.1, -0.05) is 81.4 Å². The van der Waals surface area contributed by atoms with Gasteiger partial charge in [-0.15, -0.1) is 0 Å². The number of esters is 1. The van der Waals surface area contributed by atoms with E-state index in [0.717, 1.165) is 0 Å². The molecule has 0 amide bonds. The van der Waals surface area contributed by atoms with E-state index < -0.39 is 22.2 Å². The molecule has 3 rings (SSSR count). The van der Waals surface area contributed by atoms with Gasteiger partial charge in [0.2, 0.25) is 0 Å². The first kappa shape index (κ1) is 25.9. The van der Waals surface area contributed by atoms with Crippen molar-refractivity contribution in [3.05, 3.63) is 60.7 Å². The SMILES string of the molecule is CC(C)(O[Si](C)(C)C)[C@@H]1C[C@@H](CO[Si](c2ccccc2)(c2ccccc2)C(C)(C)C)OC1=O. The molecular weight excluding hydrogens is 444 g/mol. The number of carbonyl (C=O) groups is 1. The average molecular weight is 485 g/mol. The van der Waals surface area contributed by atoms with Gasteiger partial charge in [0.25, 0.3) is 8.32 Å². The number of cyclic esters (lactones) is 1. The summed E-state index contributed by atoms with van der Waals surface area (Å²) in [5.41, 5.74) is -0.548. The van der Waals surface area contributed by atoms with Gasteiger partial charge < -0.3 is 13.6 Å². The van der Waals surface area contributed by atoms with Gasteiger partial charge >= 0.3 is 5.97 Å². The summed E-state index contributed by atoms with van der Waals surface area (Å²) in [7, 11) is -4.47. The van der Waals surface area contributed by atoms with Crippen LogP contribution in [0, 0.1) is 5.92 Å². The Bertz CT molecular complexity index is 891. The smallest absolute Gasteiger partial charge is 0.312 e. The largest absolute Gasteiger partial charge is 0.460 e. The summed E-state index contributed by atoms with van der Waals surface area (Å²) in [6.45, 7) is 17.6. The third-order valence-corrected chi connectivity index (χ3v) is 12.5. The molecular formula is C27H40O4Si2. The van der Waals surface area contributed by atoms with Crippen LogP contribution in [0.2, 0.25) is 24.7 Å². The Balaban J connectivity index is 1.89. The lowest BCUT2D eigenvalue weighted by Gasteiger charge is -2.43. The molecule has 1 fully saturated rings. The molecule has 33 heavy (non-hydrogen) atoms. The zero-order chi connectivity index (χ0) is 24.5. The van der Waals surface area contributed by atoms with Gasteiger partial charge in [-0.3, -0.25) is 4.79 Å². The Hall–Kier alpha value is -1.74. The zero-order valence-corrected chi connectivity index (χ0v) is 23.5. The maximum atomic E-state index is 12.8. The van der Waals surface area contributed by atoms with Crippen molar-refractivity contribution >= 4 is 33.0 Å². The highest BCUT2D eigenvalue weighted by Gasteiger charge is 2.52. The van der Waals surface area contributed by atoms with Gasteiger partial charge in [0.15, 0.2) is 8.32 Å². The van der Waals surface area contributed by atoms with E-state index in [1.165, 1.54) is 10.4 Å². The van der Waals surface area contributed by atoms with Crippen molar-refractivity contribution < 1.29 is 18.4 Å².